The smallest absolute Gasteiger partial charge is 0.241 e. The number of carbonyl (C=O) groups is 2. The lowest BCUT2D eigenvalue weighted by Gasteiger charge is -2.29. The van der Waals surface area contributed by atoms with Crippen LogP contribution in [0.3, 0.4) is 0 Å². The number of anilines is 2. The van der Waals surface area contributed by atoms with Gasteiger partial charge in [-0.05, 0) is 48.2 Å². The summed E-state index contributed by atoms with van der Waals surface area (Å²) < 4.78 is 13.4. The molecule has 0 unspecified atom stereocenters. The van der Waals surface area contributed by atoms with Gasteiger partial charge in [-0.2, -0.15) is 0 Å². The van der Waals surface area contributed by atoms with E-state index in [0.29, 0.717) is 11.4 Å². The second-order valence-corrected chi connectivity index (χ2v) is 8.24. The molecule has 2 amide bonds. The Kier molecular flexibility index (Phi) is 5.92. The molecule has 0 aliphatic carbocycles. The van der Waals surface area contributed by atoms with Crippen LogP contribution in [0.15, 0.2) is 66.0 Å². The SMILES string of the molecule is C[C@H]1CC(=O)Nc2ccccc2N1C(=O)CN[C@@H](c1ccc(F)cc1)c1cccs1. The molecule has 1 aromatic heterocycles. The molecule has 30 heavy (non-hydrogen) atoms. The molecule has 0 saturated heterocycles. The zero-order valence-corrected chi connectivity index (χ0v) is 17.3. The summed E-state index contributed by atoms with van der Waals surface area (Å²) in [5.74, 6) is -0.539. The van der Waals surface area contributed by atoms with Crippen LogP contribution in [-0.2, 0) is 9.59 Å². The minimum Gasteiger partial charge on any atom is -0.324 e. The number of benzene rings is 2. The van der Waals surface area contributed by atoms with Gasteiger partial charge >= 0.3 is 0 Å². The summed E-state index contributed by atoms with van der Waals surface area (Å²) in [4.78, 5) is 28.1. The Morgan fingerprint density at radius 3 is 2.70 bits per heavy atom. The summed E-state index contributed by atoms with van der Waals surface area (Å²) in [5.41, 5.74) is 2.21. The van der Waals surface area contributed by atoms with Crippen molar-refractivity contribution in [3.63, 3.8) is 0 Å². The average Bonchev–Trinajstić information content (AvgIpc) is 3.21. The number of hydrogen-bond donors (Lipinski definition) is 2. The van der Waals surface area contributed by atoms with E-state index in [1.165, 1.54) is 12.1 Å². The van der Waals surface area contributed by atoms with Crippen LogP contribution in [0.2, 0.25) is 0 Å². The molecule has 4 rings (SSSR count). The van der Waals surface area contributed by atoms with Crippen molar-refractivity contribution in [3.05, 3.63) is 82.3 Å². The van der Waals surface area contributed by atoms with E-state index in [1.54, 1.807) is 34.4 Å². The van der Waals surface area contributed by atoms with E-state index in [4.69, 9.17) is 0 Å². The predicted octanol–water partition coefficient (Wildman–Crippen LogP) is 4.33. The molecule has 154 valence electrons. The van der Waals surface area contributed by atoms with Gasteiger partial charge in [-0.1, -0.05) is 30.3 Å². The number of thiophene rings is 1. The Labute approximate surface area is 178 Å². The van der Waals surface area contributed by atoms with Crippen LogP contribution in [0.1, 0.15) is 29.8 Å². The molecule has 0 saturated carbocycles. The maximum Gasteiger partial charge on any atom is 0.241 e. The molecule has 2 atom stereocenters. The first kappa shape index (κ1) is 20.3. The number of amides is 2. The van der Waals surface area contributed by atoms with Gasteiger partial charge in [0.1, 0.15) is 5.82 Å². The third kappa shape index (κ3) is 4.27. The lowest BCUT2D eigenvalue weighted by Crippen LogP contribution is -2.44. The largest absolute Gasteiger partial charge is 0.324 e. The Morgan fingerprint density at radius 2 is 1.97 bits per heavy atom. The maximum absolute atomic E-state index is 13.4. The van der Waals surface area contributed by atoms with Gasteiger partial charge in [-0.25, -0.2) is 4.39 Å². The number of halogens is 1. The number of fused-ring (bicyclic) bond motifs is 1. The molecular weight excluding hydrogens is 401 g/mol. The van der Waals surface area contributed by atoms with E-state index >= 15 is 0 Å². The number of nitrogens with zero attached hydrogens (tertiary/aromatic N) is 1. The van der Waals surface area contributed by atoms with Crippen LogP contribution in [0.4, 0.5) is 15.8 Å². The molecule has 7 heteroatoms. The van der Waals surface area contributed by atoms with Crippen molar-refractivity contribution in [2.45, 2.75) is 25.4 Å². The summed E-state index contributed by atoms with van der Waals surface area (Å²) in [5, 5.41) is 8.17. The molecule has 1 aliphatic rings. The highest BCUT2D eigenvalue weighted by Gasteiger charge is 2.30. The fourth-order valence-electron chi connectivity index (χ4n) is 3.74. The van der Waals surface area contributed by atoms with Crippen LogP contribution in [-0.4, -0.2) is 24.4 Å². The van der Waals surface area contributed by atoms with Crippen molar-refractivity contribution in [1.29, 1.82) is 0 Å². The Bertz CT molecular complexity index is 1040. The van der Waals surface area contributed by atoms with E-state index in [9.17, 15) is 14.0 Å². The molecule has 5 nitrogen and oxygen atoms in total. The molecule has 2 N–H and O–H groups in total. The van der Waals surface area contributed by atoms with Gasteiger partial charge in [0.2, 0.25) is 11.8 Å². The molecule has 2 heterocycles. The Balaban J connectivity index is 1.57. The molecular formula is C23H22FN3O2S. The Morgan fingerprint density at radius 1 is 1.20 bits per heavy atom. The highest BCUT2D eigenvalue weighted by molar-refractivity contribution is 7.10. The highest BCUT2D eigenvalue weighted by atomic mass is 32.1. The number of carbonyl (C=O) groups excluding carboxylic acids is 2. The van der Waals surface area contributed by atoms with Gasteiger partial charge < -0.3 is 10.2 Å². The zero-order valence-electron chi connectivity index (χ0n) is 16.5. The van der Waals surface area contributed by atoms with E-state index < -0.39 is 0 Å². The molecule has 3 aromatic rings. The average molecular weight is 424 g/mol. The zero-order chi connectivity index (χ0) is 21.1. The summed E-state index contributed by atoms with van der Waals surface area (Å²) in [6.45, 7) is 1.95. The number of rotatable bonds is 5. The first-order chi connectivity index (χ1) is 14.5. The summed E-state index contributed by atoms with van der Waals surface area (Å²) in [6, 6.07) is 17.0. The fourth-order valence-corrected chi connectivity index (χ4v) is 4.56. The standard InChI is InChI=1S/C23H22FN3O2S/c1-15-13-21(28)26-18-5-2-3-6-19(18)27(15)22(29)14-25-23(20-7-4-12-30-20)16-8-10-17(24)11-9-16/h2-12,15,23,25H,13-14H2,1H3,(H,26,28)/t15-,23-/m0/s1. The van der Waals surface area contributed by atoms with Crippen molar-refractivity contribution < 1.29 is 14.0 Å². The van der Waals surface area contributed by atoms with Crippen molar-refractivity contribution in [3.8, 4) is 0 Å². The Hall–Kier alpha value is -3.03. The van der Waals surface area contributed by atoms with Crippen LogP contribution in [0, 0.1) is 5.82 Å². The maximum atomic E-state index is 13.4. The molecule has 0 bridgehead atoms. The van der Waals surface area contributed by atoms with Crippen molar-refractivity contribution in [2.75, 3.05) is 16.8 Å². The van der Waals surface area contributed by atoms with Gasteiger partial charge in [0.25, 0.3) is 0 Å². The molecule has 0 fully saturated rings. The van der Waals surface area contributed by atoms with Crippen LogP contribution in [0.25, 0.3) is 0 Å². The first-order valence-corrected chi connectivity index (χ1v) is 10.6. The van der Waals surface area contributed by atoms with Gasteiger partial charge in [-0.15, -0.1) is 11.3 Å². The molecule has 0 radical (unpaired) electrons. The van der Waals surface area contributed by atoms with Crippen molar-refractivity contribution in [1.82, 2.24) is 5.32 Å². The molecule has 0 spiro atoms. The minimum absolute atomic E-state index is 0.0762. The number of nitrogens with one attached hydrogen (secondary N) is 2. The van der Waals surface area contributed by atoms with Crippen molar-refractivity contribution >= 4 is 34.5 Å². The number of para-hydroxylation sites is 2. The second-order valence-electron chi connectivity index (χ2n) is 7.26. The van der Waals surface area contributed by atoms with E-state index in [-0.39, 0.29) is 42.7 Å². The number of hydrogen-bond acceptors (Lipinski definition) is 4. The van der Waals surface area contributed by atoms with Gasteiger partial charge in [0, 0.05) is 17.3 Å². The van der Waals surface area contributed by atoms with E-state index in [0.717, 1.165) is 10.4 Å². The predicted molar refractivity (Wildman–Crippen MR) is 117 cm³/mol. The quantitative estimate of drug-likeness (QED) is 0.642. The molecule has 1 aliphatic heterocycles. The third-order valence-corrected chi connectivity index (χ3v) is 6.05. The normalized spacial score (nSPS) is 17.1. The van der Waals surface area contributed by atoms with E-state index in [1.807, 2.05) is 42.6 Å². The van der Waals surface area contributed by atoms with Gasteiger partial charge in [0.15, 0.2) is 0 Å². The highest BCUT2D eigenvalue weighted by Crippen LogP contribution is 2.32. The van der Waals surface area contributed by atoms with Crippen LogP contribution in [0.5, 0.6) is 0 Å². The second kappa shape index (κ2) is 8.77. The lowest BCUT2D eigenvalue weighted by atomic mass is 10.1. The van der Waals surface area contributed by atoms with Crippen LogP contribution < -0.4 is 15.5 Å². The van der Waals surface area contributed by atoms with Crippen molar-refractivity contribution in [2.24, 2.45) is 0 Å². The third-order valence-electron chi connectivity index (χ3n) is 5.12. The van der Waals surface area contributed by atoms with Gasteiger partial charge in [0.05, 0.1) is 24.0 Å². The lowest BCUT2D eigenvalue weighted by molar-refractivity contribution is -0.118. The van der Waals surface area contributed by atoms with Gasteiger partial charge in [-0.3, -0.25) is 14.9 Å². The molecule has 2 aromatic carbocycles. The fraction of sp³-hybridized carbons (Fsp3) is 0.217. The summed E-state index contributed by atoms with van der Waals surface area (Å²) in [7, 11) is 0. The first-order valence-electron chi connectivity index (χ1n) is 9.76. The minimum atomic E-state index is -0.299. The monoisotopic (exact) mass is 423 g/mol. The van der Waals surface area contributed by atoms with Crippen LogP contribution >= 0.6 is 11.3 Å². The van der Waals surface area contributed by atoms with E-state index in [2.05, 4.69) is 10.6 Å². The summed E-state index contributed by atoms with van der Waals surface area (Å²) >= 11 is 1.57. The summed E-state index contributed by atoms with van der Waals surface area (Å²) in [6.07, 6.45) is 0.229. The topological polar surface area (TPSA) is 61.4 Å².